The number of hydrogen-bond acceptors (Lipinski definition) is 4. The summed E-state index contributed by atoms with van der Waals surface area (Å²) in [6.45, 7) is 8.28. The molecular formula is C19H26N2O3. The normalized spacial score (nSPS) is 23.0. The van der Waals surface area contributed by atoms with Gasteiger partial charge in [0.05, 0.1) is 12.6 Å². The van der Waals surface area contributed by atoms with Gasteiger partial charge in [-0.15, -0.1) is 0 Å². The van der Waals surface area contributed by atoms with Crippen LogP contribution >= 0.6 is 0 Å². The second kappa shape index (κ2) is 6.46. The molecule has 1 aromatic heterocycles. The summed E-state index contributed by atoms with van der Waals surface area (Å²) in [7, 11) is 0. The lowest BCUT2D eigenvalue weighted by Crippen LogP contribution is -2.45. The van der Waals surface area contributed by atoms with Crippen LogP contribution in [0.4, 0.5) is 4.79 Å². The first-order valence-corrected chi connectivity index (χ1v) is 8.68. The van der Waals surface area contributed by atoms with E-state index in [2.05, 4.69) is 11.1 Å². The van der Waals surface area contributed by atoms with Crippen LogP contribution < -0.4 is 4.74 Å². The third kappa shape index (κ3) is 3.55. The highest BCUT2D eigenvalue weighted by atomic mass is 16.6. The van der Waals surface area contributed by atoms with Gasteiger partial charge in [-0.2, -0.15) is 0 Å². The lowest BCUT2D eigenvalue weighted by molar-refractivity contribution is 0.0175. The summed E-state index contributed by atoms with van der Waals surface area (Å²) < 4.78 is 11.0. The van der Waals surface area contributed by atoms with Gasteiger partial charge in [0.15, 0.2) is 0 Å². The molecule has 5 heteroatoms. The highest BCUT2D eigenvalue weighted by Gasteiger charge is 2.41. The number of rotatable bonds is 3. The van der Waals surface area contributed by atoms with Gasteiger partial charge in [0.25, 0.3) is 0 Å². The summed E-state index contributed by atoms with van der Waals surface area (Å²) in [6.07, 6.45) is 6.73. The van der Waals surface area contributed by atoms with Crippen LogP contribution in [0, 0.1) is 0 Å². The minimum absolute atomic E-state index is 0.125. The summed E-state index contributed by atoms with van der Waals surface area (Å²) >= 11 is 0. The Bertz CT molecular complexity index is 631. The van der Waals surface area contributed by atoms with Gasteiger partial charge in [0.2, 0.25) is 5.88 Å². The van der Waals surface area contributed by atoms with Crippen molar-refractivity contribution in [3.63, 3.8) is 0 Å². The zero-order chi connectivity index (χ0) is 17.3. The molecule has 3 heterocycles. The summed E-state index contributed by atoms with van der Waals surface area (Å²) in [4.78, 5) is 18.7. The van der Waals surface area contributed by atoms with Crippen LogP contribution in [-0.2, 0) is 4.74 Å². The topological polar surface area (TPSA) is 51.7 Å². The van der Waals surface area contributed by atoms with E-state index in [9.17, 15) is 4.79 Å². The van der Waals surface area contributed by atoms with Gasteiger partial charge in [0.1, 0.15) is 5.60 Å². The molecule has 0 spiro atoms. The van der Waals surface area contributed by atoms with Crippen molar-refractivity contribution >= 4 is 11.7 Å². The Morgan fingerprint density at radius 2 is 2.12 bits per heavy atom. The quantitative estimate of drug-likeness (QED) is 0.839. The first-order valence-electron chi connectivity index (χ1n) is 8.68. The molecule has 0 aliphatic carbocycles. The number of ether oxygens (including phenoxy) is 2. The maximum absolute atomic E-state index is 12.5. The zero-order valence-corrected chi connectivity index (χ0v) is 14.9. The Hall–Kier alpha value is -2.04. The van der Waals surface area contributed by atoms with E-state index in [1.54, 1.807) is 0 Å². The molecule has 0 saturated carbocycles. The predicted molar refractivity (Wildman–Crippen MR) is 92.9 cm³/mol. The van der Waals surface area contributed by atoms with Crippen LogP contribution in [0.15, 0.2) is 24.4 Å². The van der Waals surface area contributed by atoms with Crippen LogP contribution in [0.5, 0.6) is 5.88 Å². The zero-order valence-electron chi connectivity index (χ0n) is 14.9. The van der Waals surface area contributed by atoms with E-state index in [-0.39, 0.29) is 18.2 Å². The Balaban J connectivity index is 1.75. The van der Waals surface area contributed by atoms with E-state index >= 15 is 0 Å². The van der Waals surface area contributed by atoms with Gasteiger partial charge < -0.3 is 9.47 Å². The number of carbonyl (C=O) groups is 1. The summed E-state index contributed by atoms with van der Waals surface area (Å²) in [5.41, 5.74) is 1.91. The molecule has 2 aliphatic rings. The molecule has 24 heavy (non-hydrogen) atoms. The highest BCUT2D eigenvalue weighted by molar-refractivity contribution is 5.75. The van der Waals surface area contributed by atoms with Gasteiger partial charge in [0, 0.05) is 18.3 Å². The molecule has 2 bridgehead atoms. The molecular weight excluding hydrogens is 304 g/mol. The van der Waals surface area contributed by atoms with Gasteiger partial charge in [-0.05, 0) is 64.2 Å². The molecule has 3 rings (SSSR count). The van der Waals surface area contributed by atoms with Crippen molar-refractivity contribution in [2.75, 3.05) is 6.61 Å². The molecule has 1 amide bonds. The maximum Gasteiger partial charge on any atom is 0.411 e. The van der Waals surface area contributed by atoms with E-state index in [4.69, 9.17) is 9.47 Å². The fourth-order valence-corrected chi connectivity index (χ4v) is 3.45. The minimum Gasteiger partial charge on any atom is -0.478 e. The smallest absolute Gasteiger partial charge is 0.411 e. The summed E-state index contributed by atoms with van der Waals surface area (Å²) in [5.74, 6) is 0.649. The van der Waals surface area contributed by atoms with Crippen LogP contribution in [0.1, 0.15) is 52.5 Å². The second-order valence-corrected chi connectivity index (χ2v) is 7.40. The Morgan fingerprint density at radius 1 is 1.33 bits per heavy atom. The van der Waals surface area contributed by atoms with Gasteiger partial charge >= 0.3 is 6.09 Å². The number of amides is 1. The predicted octanol–water partition coefficient (Wildman–Crippen LogP) is 4.04. The molecule has 1 aromatic rings. The standard InChI is InChI=1S/C19H26N2O3/c1-5-23-17-9-6-13(12-20-17)14-10-15-7-8-16(11-14)21(15)18(22)24-19(2,3)4/h6,9-10,12,15-16H,5,7-8,11H2,1-4H3. The molecule has 0 N–H and O–H groups in total. The lowest BCUT2D eigenvalue weighted by atomic mass is 9.96. The number of fused-ring (bicyclic) bond motifs is 2. The Morgan fingerprint density at radius 3 is 2.71 bits per heavy atom. The summed E-state index contributed by atoms with van der Waals surface area (Å²) in [5, 5.41) is 0. The van der Waals surface area contributed by atoms with Crippen LogP contribution in [0.25, 0.3) is 5.57 Å². The Kier molecular flexibility index (Phi) is 4.52. The summed E-state index contributed by atoms with van der Waals surface area (Å²) in [6, 6.07) is 4.30. The van der Waals surface area contributed by atoms with Gasteiger partial charge in [-0.1, -0.05) is 6.08 Å². The lowest BCUT2D eigenvalue weighted by Gasteiger charge is -2.35. The molecule has 2 aliphatic heterocycles. The molecule has 0 radical (unpaired) electrons. The third-order valence-electron chi connectivity index (χ3n) is 4.40. The van der Waals surface area contributed by atoms with Crippen molar-refractivity contribution < 1.29 is 14.3 Å². The second-order valence-electron chi connectivity index (χ2n) is 7.40. The maximum atomic E-state index is 12.5. The van der Waals surface area contributed by atoms with Crippen molar-refractivity contribution in [3.05, 3.63) is 30.0 Å². The van der Waals surface area contributed by atoms with E-state index < -0.39 is 5.60 Å². The first-order chi connectivity index (χ1) is 11.4. The fraction of sp³-hybridized carbons (Fsp3) is 0.579. The van der Waals surface area contributed by atoms with E-state index in [0.29, 0.717) is 12.5 Å². The van der Waals surface area contributed by atoms with Crippen molar-refractivity contribution in [3.8, 4) is 5.88 Å². The van der Waals surface area contributed by atoms with E-state index in [0.717, 1.165) is 24.8 Å². The van der Waals surface area contributed by atoms with Gasteiger partial charge in [-0.25, -0.2) is 9.78 Å². The largest absolute Gasteiger partial charge is 0.478 e. The molecule has 130 valence electrons. The average molecular weight is 330 g/mol. The number of aromatic nitrogens is 1. The number of carbonyl (C=O) groups excluding carboxylic acids is 1. The van der Waals surface area contributed by atoms with E-state index in [1.807, 2.05) is 50.9 Å². The molecule has 2 unspecified atom stereocenters. The number of pyridine rings is 1. The first kappa shape index (κ1) is 16.8. The monoisotopic (exact) mass is 330 g/mol. The molecule has 1 saturated heterocycles. The minimum atomic E-state index is -0.459. The van der Waals surface area contributed by atoms with Crippen LogP contribution in [-0.4, -0.2) is 40.3 Å². The third-order valence-corrected chi connectivity index (χ3v) is 4.40. The fourth-order valence-electron chi connectivity index (χ4n) is 3.45. The highest BCUT2D eigenvalue weighted by Crippen LogP contribution is 2.39. The van der Waals surface area contributed by atoms with Crippen molar-refractivity contribution in [1.29, 1.82) is 0 Å². The Labute approximate surface area is 143 Å². The van der Waals surface area contributed by atoms with E-state index in [1.165, 1.54) is 5.57 Å². The van der Waals surface area contributed by atoms with Crippen molar-refractivity contribution in [2.24, 2.45) is 0 Å². The number of nitrogens with zero attached hydrogens (tertiary/aromatic N) is 2. The van der Waals surface area contributed by atoms with Crippen LogP contribution in [0.2, 0.25) is 0 Å². The SMILES string of the molecule is CCOc1ccc(C2=CC3CCC(C2)N3C(=O)OC(C)(C)C)cn1. The van der Waals surface area contributed by atoms with Crippen molar-refractivity contribution in [1.82, 2.24) is 9.88 Å². The molecule has 2 atom stereocenters. The molecule has 0 aromatic carbocycles. The number of hydrogen-bond donors (Lipinski definition) is 0. The van der Waals surface area contributed by atoms with Gasteiger partial charge in [-0.3, -0.25) is 4.90 Å². The average Bonchev–Trinajstić information content (AvgIpc) is 2.77. The molecule has 5 nitrogen and oxygen atoms in total. The van der Waals surface area contributed by atoms with Crippen molar-refractivity contribution in [2.45, 2.75) is 64.6 Å². The van der Waals surface area contributed by atoms with Crippen LogP contribution in [0.3, 0.4) is 0 Å². The molecule has 1 fully saturated rings.